The zero-order chi connectivity index (χ0) is 24.8. The van der Waals surface area contributed by atoms with Gasteiger partial charge >= 0.3 is 12.4 Å². The molecule has 4 nitrogen and oxygen atoms in total. The molecule has 2 heterocycles. The molecule has 0 aromatic heterocycles. The van der Waals surface area contributed by atoms with E-state index in [2.05, 4.69) is 10.6 Å². The van der Waals surface area contributed by atoms with Crippen LogP contribution >= 0.6 is 0 Å². The molecule has 0 saturated carbocycles. The maximum Gasteiger partial charge on any atom is 0.416 e. The summed E-state index contributed by atoms with van der Waals surface area (Å²) in [6, 6.07) is 10.9. The highest BCUT2D eigenvalue weighted by Gasteiger charge is 2.58. The first-order valence-electron chi connectivity index (χ1n) is 11.0. The second-order valence-electron chi connectivity index (χ2n) is 9.43. The minimum Gasteiger partial charge on any atom is -0.388 e. The molecule has 2 saturated heterocycles. The fourth-order valence-electron chi connectivity index (χ4n) is 5.34. The van der Waals surface area contributed by atoms with Gasteiger partial charge in [-0.1, -0.05) is 30.3 Å². The lowest BCUT2D eigenvalue weighted by Gasteiger charge is -2.50. The monoisotopic (exact) mass is 489 g/mol. The molecule has 4 N–H and O–H groups in total. The quantitative estimate of drug-likeness (QED) is 0.565. The first-order chi connectivity index (χ1) is 15.8. The lowest BCUT2D eigenvalue weighted by Crippen LogP contribution is -2.82. The largest absolute Gasteiger partial charge is 0.416 e. The summed E-state index contributed by atoms with van der Waals surface area (Å²) in [5.41, 5.74) is -3.72. The SMILES string of the molecule is C[C@]1(O)CN[C@](COCc2cc(C(F)(F)F)cc(C(F)(F)F)c2)(c2ccccc2)[C@@H]2C[NH2+]C[C@@H]21. The molecule has 4 atom stereocenters. The first-order valence-corrected chi connectivity index (χ1v) is 11.0. The summed E-state index contributed by atoms with van der Waals surface area (Å²) in [4.78, 5) is 0. The second kappa shape index (κ2) is 8.82. The minimum atomic E-state index is -4.91. The number of alkyl halides is 6. The number of piperidine rings is 1. The smallest absolute Gasteiger partial charge is 0.388 e. The standard InChI is InChI=1S/C24H26F6N2O2/c1-21(33)13-32-22(16-5-3-2-4-6-16,20-11-31-10-19(20)21)14-34-12-15-7-17(23(25,26)27)9-18(8-15)24(28,29)30/h2-9,19-20,31-33H,10-14H2,1H3/p+1/t19-,20+,21-,22+/m0/s1. The molecule has 186 valence electrons. The van der Waals surface area contributed by atoms with E-state index < -0.39 is 41.2 Å². The maximum atomic E-state index is 13.2. The van der Waals surface area contributed by atoms with Crippen molar-refractivity contribution in [1.29, 1.82) is 0 Å². The van der Waals surface area contributed by atoms with E-state index in [1.165, 1.54) is 0 Å². The van der Waals surface area contributed by atoms with Crippen LogP contribution in [0.3, 0.4) is 0 Å². The Morgan fingerprint density at radius 2 is 1.56 bits per heavy atom. The van der Waals surface area contributed by atoms with Crippen LogP contribution in [0.15, 0.2) is 48.5 Å². The number of fused-ring (bicyclic) bond motifs is 1. The summed E-state index contributed by atoms with van der Waals surface area (Å²) in [5.74, 6) is -0.103. The Morgan fingerprint density at radius 3 is 2.15 bits per heavy atom. The molecule has 2 aromatic rings. The van der Waals surface area contributed by atoms with Gasteiger partial charge in [-0.25, -0.2) is 0 Å². The van der Waals surface area contributed by atoms with Crippen molar-refractivity contribution in [2.45, 2.75) is 37.0 Å². The fraction of sp³-hybridized carbons (Fsp3) is 0.500. The number of hydrogen-bond donors (Lipinski definition) is 3. The van der Waals surface area contributed by atoms with Crippen LogP contribution in [-0.4, -0.2) is 36.9 Å². The number of rotatable bonds is 5. The number of nitrogens with one attached hydrogen (secondary N) is 1. The van der Waals surface area contributed by atoms with Crippen LogP contribution in [0, 0.1) is 11.8 Å². The Bertz CT molecular complexity index is 977. The second-order valence-corrected chi connectivity index (χ2v) is 9.43. The third-order valence-corrected chi connectivity index (χ3v) is 7.06. The molecular formula is C24H27F6N2O2+. The highest BCUT2D eigenvalue weighted by Crippen LogP contribution is 2.44. The third-order valence-electron chi connectivity index (χ3n) is 7.06. The van der Waals surface area contributed by atoms with Crippen molar-refractivity contribution in [1.82, 2.24) is 5.32 Å². The normalized spacial score (nSPS) is 29.8. The molecular weight excluding hydrogens is 462 g/mol. The van der Waals surface area contributed by atoms with Crippen LogP contribution in [0.2, 0.25) is 0 Å². The molecule has 2 aliphatic rings. The summed E-state index contributed by atoms with van der Waals surface area (Å²) in [6.45, 7) is 3.08. The first kappa shape index (κ1) is 25.0. The van der Waals surface area contributed by atoms with Gasteiger partial charge in [-0.3, -0.25) is 0 Å². The number of ether oxygens (including phenoxy) is 1. The molecule has 34 heavy (non-hydrogen) atoms. The lowest BCUT2D eigenvalue weighted by molar-refractivity contribution is -0.641. The molecule has 10 heteroatoms. The predicted octanol–water partition coefficient (Wildman–Crippen LogP) is 3.30. The molecule has 0 bridgehead atoms. The van der Waals surface area contributed by atoms with Gasteiger partial charge in [0.2, 0.25) is 0 Å². The number of nitrogens with two attached hydrogens (primary N) is 1. The van der Waals surface area contributed by atoms with Crippen molar-refractivity contribution in [3.63, 3.8) is 0 Å². The van der Waals surface area contributed by atoms with E-state index in [-0.39, 0.29) is 36.6 Å². The summed E-state index contributed by atoms with van der Waals surface area (Å²) in [7, 11) is 0. The van der Waals surface area contributed by atoms with Crippen LogP contribution in [0.5, 0.6) is 0 Å². The molecule has 0 radical (unpaired) electrons. The fourth-order valence-corrected chi connectivity index (χ4v) is 5.34. The Morgan fingerprint density at radius 1 is 0.971 bits per heavy atom. The summed E-state index contributed by atoms with van der Waals surface area (Å²) in [6.07, 6.45) is -9.82. The summed E-state index contributed by atoms with van der Waals surface area (Å²) >= 11 is 0. The van der Waals surface area contributed by atoms with E-state index in [9.17, 15) is 31.4 Å². The van der Waals surface area contributed by atoms with E-state index in [0.717, 1.165) is 12.1 Å². The number of halogens is 6. The number of aliphatic hydroxyl groups is 1. The highest BCUT2D eigenvalue weighted by molar-refractivity contribution is 5.33. The number of quaternary nitrogens is 1. The van der Waals surface area contributed by atoms with Crippen molar-refractivity contribution in [3.05, 3.63) is 70.8 Å². The molecule has 2 aliphatic heterocycles. The Hall–Kier alpha value is -2.14. The van der Waals surface area contributed by atoms with E-state index in [1.807, 2.05) is 30.3 Å². The van der Waals surface area contributed by atoms with Gasteiger partial charge in [-0.05, 0) is 36.2 Å². The van der Waals surface area contributed by atoms with E-state index in [1.54, 1.807) is 6.92 Å². The molecule has 2 fully saturated rings. The van der Waals surface area contributed by atoms with Gasteiger partial charge in [0.05, 0.1) is 48.6 Å². The molecule has 0 aliphatic carbocycles. The average Bonchev–Trinajstić information content (AvgIpc) is 3.27. The Balaban J connectivity index is 1.62. The van der Waals surface area contributed by atoms with Gasteiger partial charge in [-0.15, -0.1) is 0 Å². The van der Waals surface area contributed by atoms with Gasteiger partial charge in [-0.2, -0.15) is 26.3 Å². The van der Waals surface area contributed by atoms with Gasteiger partial charge in [0.25, 0.3) is 0 Å². The van der Waals surface area contributed by atoms with Crippen LogP contribution in [0.4, 0.5) is 26.3 Å². The molecule has 0 unspecified atom stereocenters. The van der Waals surface area contributed by atoms with Crippen LogP contribution in [-0.2, 0) is 29.2 Å². The van der Waals surface area contributed by atoms with Crippen LogP contribution in [0.1, 0.15) is 29.2 Å². The molecule has 0 amide bonds. The molecule has 4 rings (SSSR count). The molecule has 2 aromatic carbocycles. The lowest BCUT2D eigenvalue weighted by atomic mass is 9.65. The number of benzene rings is 2. The third kappa shape index (κ3) is 4.82. The topological polar surface area (TPSA) is 58.1 Å². The maximum absolute atomic E-state index is 13.2. The molecule has 0 spiro atoms. The van der Waals surface area contributed by atoms with Gasteiger partial charge < -0.3 is 20.5 Å². The van der Waals surface area contributed by atoms with Crippen molar-refractivity contribution in [2.75, 3.05) is 26.2 Å². The Kier molecular flexibility index (Phi) is 6.48. The summed E-state index contributed by atoms with van der Waals surface area (Å²) < 4.78 is 85.1. The minimum absolute atomic E-state index is 0.0275. The van der Waals surface area contributed by atoms with Gasteiger partial charge in [0.15, 0.2) is 0 Å². The van der Waals surface area contributed by atoms with Gasteiger partial charge in [0.1, 0.15) is 0 Å². The van der Waals surface area contributed by atoms with E-state index in [0.29, 0.717) is 18.7 Å². The van der Waals surface area contributed by atoms with E-state index in [4.69, 9.17) is 4.74 Å². The van der Waals surface area contributed by atoms with Gasteiger partial charge in [0, 0.05) is 18.4 Å². The predicted molar refractivity (Wildman–Crippen MR) is 111 cm³/mol. The van der Waals surface area contributed by atoms with Crippen LogP contribution in [0.25, 0.3) is 0 Å². The van der Waals surface area contributed by atoms with Crippen LogP contribution < -0.4 is 10.6 Å². The highest BCUT2D eigenvalue weighted by atomic mass is 19.4. The zero-order valence-electron chi connectivity index (χ0n) is 18.5. The number of β-amino-alcohol motifs (C(OH)–C–C–N with tert-alkyl or cyclic N) is 1. The zero-order valence-corrected chi connectivity index (χ0v) is 18.5. The van der Waals surface area contributed by atoms with Crippen molar-refractivity contribution >= 4 is 0 Å². The average molecular weight is 489 g/mol. The van der Waals surface area contributed by atoms with Crippen molar-refractivity contribution < 1.29 is 41.5 Å². The van der Waals surface area contributed by atoms with Crippen molar-refractivity contribution in [2.24, 2.45) is 11.8 Å². The Labute approximate surface area is 193 Å². The van der Waals surface area contributed by atoms with E-state index >= 15 is 0 Å². The summed E-state index contributed by atoms with van der Waals surface area (Å²) in [5, 5.41) is 16.4. The van der Waals surface area contributed by atoms with Crippen molar-refractivity contribution in [3.8, 4) is 0 Å². The number of hydrogen-bond acceptors (Lipinski definition) is 3.